The van der Waals surface area contributed by atoms with Gasteiger partial charge in [-0.2, -0.15) is 9.67 Å². The van der Waals surface area contributed by atoms with E-state index in [0.29, 0.717) is 16.7 Å². The van der Waals surface area contributed by atoms with E-state index in [9.17, 15) is 14.9 Å². The third-order valence-corrected chi connectivity index (χ3v) is 3.51. The van der Waals surface area contributed by atoms with Crippen LogP contribution in [0.5, 0.6) is 0 Å². The SMILES string of the molecule is CCNC(=O)c1nc(Cn2nc([N+](=O)[O-])c(Br)c2C)no1. The van der Waals surface area contributed by atoms with Gasteiger partial charge in [0.25, 0.3) is 0 Å². The van der Waals surface area contributed by atoms with Crippen molar-refractivity contribution in [3.63, 3.8) is 0 Å². The van der Waals surface area contributed by atoms with E-state index < -0.39 is 10.8 Å². The van der Waals surface area contributed by atoms with Crippen molar-refractivity contribution in [2.75, 3.05) is 6.54 Å². The van der Waals surface area contributed by atoms with Gasteiger partial charge in [-0.25, -0.2) is 0 Å². The third-order valence-electron chi connectivity index (χ3n) is 2.58. The summed E-state index contributed by atoms with van der Waals surface area (Å²) in [6, 6.07) is 0. The van der Waals surface area contributed by atoms with E-state index in [0.717, 1.165) is 0 Å². The smallest absolute Gasteiger partial charge is 0.358 e. The molecule has 0 radical (unpaired) electrons. The van der Waals surface area contributed by atoms with Crippen molar-refractivity contribution >= 4 is 27.7 Å². The number of rotatable bonds is 5. The molecule has 1 N–H and O–H groups in total. The highest BCUT2D eigenvalue weighted by molar-refractivity contribution is 9.10. The predicted molar refractivity (Wildman–Crippen MR) is 72.7 cm³/mol. The molecule has 0 spiro atoms. The minimum Gasteiger partial charge on any atom is -0.358 e. The van der Waals surface area contributed by atoms with Crippen molar-refractivity contribution in [2.24, 2.45) is 0 Å². The summed E-state index contributed by atoms with van der Waals surface area (Å²) in [6.07, 6.45) is 0. The van der Waals surface area contributed by atoms with Crippen LogP contribution in [-0.4, -0.2) is 37.3 Å². The number of aromatic nitrogens is 4. The molecule has 21 heavy (non-hydrogen) atoms. The van der Waals surface area contributed by atoms with Crippen LogP contribution in [0.3, 0.4) is 0 Å². The Morgan fingerprint density at radius 1 is 1.57 bits per heavy atom. The van der Waals surface area contributed by atoms with E-state index >= 15 is 0 Å². The van der Waals surface area contributed by atoms with Gasteiger partial charge in [0, 0.05) is 6.54 Å². The Kier molecular flexibility index (Phi) is 4.31. The largest absolute Gasteiger partial charge is 0.404 e. The fourth-order valence-electron chi connectivity index (χ4n) is 1.56. The number of nitro groups is 1. The maximum Gasteiger partial charge on any atom is 0.404 e. The average Bonchev–Trinajstić information content (AvgIpc) is 3.00. The number of amides is 1. The van der Waals surface area contributed by atoms with Crippen molar-refractivity contribution in [2.45, 2.75) is 20.4 Å². The first-order valence-electron chi connectivity index (χ1n) is 5.92. The highest BCUT2D eigenvalue weighted by Crippen LogP contribution is 2.27. The van der Waals surface area contributed by atoms with Gasteiger partial charge < -0.3 is 20.0 Å². The zero-order valence-corrected chi connectivity index (χ0v) is 12.7. The Balaban J connectivity index is 2.21. The van der Waals surface area contributed by atoms with Gasteiger partial charge in [0.1, 0.15) is 11.0 Å². The fourth-order valence-corrected chi connectivity index (χ4v) is 1.99. The van der Waals surface area contributed by atoms with Crippen LogP contribution in [0.1, 0.15) is 29.1 Å². The molecule has 0 aliphatic rings. The summed E-state index contributed by atoms with van der Waals surface area (Å²) in [5.74, 6) is -0.727. The van der Waals surface area contributed by atoms with Crippen LogP contribution in [-0.2, 0) is 6.54 Å². The minimum absolute atomic E-state index is 0.0567. The van der Waals surface area contributed by atoms with E-state index in [1.807, 2.05) is 0 Å². The summed E-state index contributed by atoms with van der Waals surface area (Å²) < 4.78 is 6.46. The summed E-state index contributed by atoms with van der Waals surface area (Å²) in [4.78, 5) is 25.6. The number of nitrogens with one attached hydrogen (secondary N) is 1. The molecule has 10 nitrogen and oxygen atoms in total. The molecule has 0 atom stereocenters. The highest BCUT2D eigenvalue weighted by Gasteiger charge is 2.24. The summed E-state index contributed by atoms with van der Waals surface area (Å²) >= 11 is 3.11. The van der Waals surface area contributed by atoms with Crippen LogP contribution in [0.25, 0.3) is 0 Å². The van der Waals surface area contributed by atoms with Crippen molar-refractivity contribution < 1.29 is 14.2 Å². The molecule has 0 fully saturated rings. The molecule has 0 unspecified atom stereocenters. The molecule has 11 heteroatoms. The topological polar surface area (TPSA) is 129 Å². The van der Waals surface area contributed by atoms with Crippen molar-refractivity contribution in [1.29, 1.82) is 0 Å². The van der Waals surface area contributed by atoms with Gasteiger partial charge in [-0.05, 0) is 34.7 Å². The summed E-state index contributed by atoms with van der Waals surface area (Å²) in [6.45, 7) is 3.92. The van der Waals surface area contributed by atoms with E-state index in [2.05, 4.69) is 36.5 Å². The van der Waals surface area contributed by atoms with Gasteiger partial charge in [-0.3, -0.25) is 4.79 Å². The number of carbonyl (C=O) groups excluding carboxylic acids is 1. The van der Waals surface area contributed by atoms with Crippen LogP contribution in [0.4, 0.5) is 5.82 Å². The van der Waals surface area contributed by atoms with Crippen LogP contribution < -0.4 is 5.32 Å². The molecule has 0 saturated heterocycles. The van der Waals surface area contributed by atoms with Gasteiger partial charge >= 0.3 is 17.6 Å². The number of hydrogen-bond acceptors (Lipinski definition) is 7. The van der Waals surface area contributed by atoms with Gasteiger partial charge in [0.2, 0.25) is 0 Å². The first-order chi connectivity index (χ1) is 9.93. The molecule has 1 amide bonds. The van der Waals surface area contributed by atoms with Crippen molar-refractivity contribution in [3.05, 3.63) is 32.0 Å². The highest BCUT2D eigenvalue weighted by atomic mass is 79.9. The van der Waals surface area contributed by atoms with Crippen LogP contribution in [0.2, 0.25) is 0 Å². The lowest BCUT2D eigenvalue weighted by Gasteiger charge is -1.94. The van der Waals surface area contributed by atoms with E-state index in [4.69, 9.17) is 4.52 Å². The molecule has 0 aliphatic heterocycles. The summed E-state index contributed by atoms with van der Waals surface area (Å²) in [7, 11) is 0. The van der Waals surface area contributed by atoms with E-state index in [1.165, 1.54) is 4.68 Å². The maximum absolute atomic E-state index is 11.5. The molecule has 112 valence electrons. The monoisotopic (exact) mass is 358 g/mol. The first kappa shape index (κ1) is 15.1. The van der Waals surface area contributed by atoms with Crippen LogP contribution >= 0.6 is 15.9 Å². The molecule has 0 aromatic carbocycles. The standard InChI is InChI=1S/C10H11BrN6O4/c1-3-12-9(18)10-13-6(15-21-10)4-16-5(2)7(11)8(14-16)17(19)20/h3-4H2,1-2H3,(H,12,18). The lowest BCUT2D eigenvalue weighted by molar-refractivity contribution is -0.390. The van der Waals surface area contributed by atoms with Gasteiger partial charge in [-0.1, -0.05) is 5.16 Å². The molecular weight excluding hydrogens is 348 g/mol. The Bertz CT molecular complexity index is 694. The Hall–Kier alpha value is -2.30. The second kappa shape index (κ2) is 5.99. The molecule has 2 aromatic heterocycles. The maximum atomic E-state index is 11.5. The van der Waals surface area contributed by atoms with Crippen molar-refractivity contribution in [3.8, 4) is 0 Å². The average molecular weight is 359 g/mol. The molecule has 2 heterocycles. The van der Waals surface area contributed by atoms with Gasteiger partial charge in [0.15, 0.2) is 5.82 Å². The summed E-state index contributed by atoms with van der Waals surface area (Å²) in [5, 5.41) is 20.8. The fraction of sp³-hybridized carbons (Fsp3) is 0.400. The zero-order valence-electron chi connectivity index (χ0n) is 11.2. The predicted octanol–water partition coefficient (Wildman–Crippen LogP) is 1.04. The molecule has 0 bridgehead atoms. The number of nitrogens with zero attached hydrogens (tertiary/aromatic N) is 5. The van der Waals surface area contributed by atoms with Crippen LogP contribution in [0, 0.1) is 17.0 Å². The number of hydrogen-bond donors (Lipinski definition) is 1. The van der Waals surface area contributed by atoms with E-state index in [1.54, 1.807) is 13.8 Å². The quantitative estimate of drug-likeness (QED) is 0.624. The lowest BCUT2D eigenvalue weighted by atomic mass is 10.4. The molecule has 2 aromatic rings. The number of carbonyl (C=O) groups is 1. The normalized spacial score (nSPS) is 10.6. The minimum atomic E-state index is -0.593. The Labute approximate surface area is 126 Å². The van der Waals surface area contributed by atoms with Crippen LogP contribution in [0.15, 0.2) is 9.00 Å². The van der Waals surface area contributed by atoms with Gasteiger partial charge in [-0.15, -0.1) is 0 Å². The zero-order chi connectivity index (χ0) is 15.6. The van der Waals surface area contributed by atoms with Gasteiger partial charge in [0.05, 0.1) is 10.8 Å². The first-order valence-corrected chi connectivity index (χ1v) is 6.71. The molecular formula is C10H11BrN6O4. The molecule has 0 aliphatic carbocycles. The second-order valence-electron chi connectivity index (χ2n) is 4.01. The number of halogens is 1. The second-order valence-corrected chi connectivity index (χ2v) is 4.81. The molecule has 2 rings (SSSR count). The Morgan fingerprint density at radius 3 is 2.86 bits per heavy atom. The molecule has 0 saturated carbocycles. The van der Waals surface area contributed by atoms with E-state index in [-0.39, 0.29) is 24.1 Å². The third kappa shape index (κ3) is 3.07. The van der Waals surface area contributed by atoms with Crippen molar-refractivity contribution in [1.82, 2.24) is 25.2 Å². The Morgan fingerprint density at radius 2 is 2.29 bits per heavy atom. The lowest BCUT2D eigenvalue weighted by Crippen LogP contribution is -2.23. The summed E-state index contributed by atoms with van der Waals surface area (Å²) in [5.41, 5.74) is 0.547.